The Bertz CT molecular complexity index is 957. The lowest BCUT2D eigenvalue weighted by Crippen LogP contribution is -3.13. The van der Waals surface area contributed by atoms with Crippen LogP contribution in [0.5, 0.6) is 5.75 Å². The molecule has 0 saturated carbocycles. The Morgan fingerprint density at radius 2 is 1.96 bits per heavy atom. The molecule has 0 bridgehead atoms. The van der Waals surface area contributed by atoms with Gasteiger partial charge in [-0.1, -0.05) is 11.6 Å². The van der Waals surface area contributed by atoms with Crippen LogP contribution in [-0.4, -0.2) is 33.3 Å². The zero-order valence-electron chi connectivity index (χ0n) is 15.3. The second-order valence-corrected chi connectivity index (χ2v) is 7.36. The Morgan fingerprint density at radius 3 is 2.74 bits per heavy atom. The molecule has 1 aromatic heterocycles. The van der Waals surface area contributed by atoms with Gasteiger partial charge in [-0.05, 0) is 30.3 Å². The molecular weight excluding hydrogens is 365 g/mol. The predicted molar refractivity (Wildman–Crippen MR) is 105 cm³/mol. The molecule has 0 atom stereocenters. The summed E-state index contributed by atoms with van der Waals surface area (Å²) >= 11 is 6.11. The molecule has 27 heavy (non-hydrogen) atoms. The van der Waals surface area contributed by atoms with Crippen LogP contribution in [0.4, 0.5) is 10.1 Å². The van der Waals surface area contributed by atoms with E-state index in [1.807, 2.05) is 18.3 Å². The summed E-state index contributed by atoms with van der Waals surface area (Å²) in [7, 11) is 1.63. The molecule has 0 amide bonds. The van der Waals surface area contributed by atoms with Gasteiger partial charge in [0.1, 0.15) is 18.1 Å². The molecule has 0 unspecified atom stereocenters. The highest BCUT2D eigenvalue weighted by atomic mass is 35.5. The smallest absolute Gasteiger partial charge is 0.214 e. The number of aromatic nitrogens is 1. The van der Waals surface area contributed by atoms with E-state index in [0.717, 1.165) is 54.6 Å². The topological polar surface area (TPSA) is 31.1 Å². The molecule has 2 heterocycles. The Kier molecular flexibility index (Phi) is 5.14. The molecule has 1 fully saturated rings. The van der Waals surface area contributed by atoms with Gasteiger partial charge in [-0.25, -0.2) is 9.37 Å². The van der Waals surface area contributed by atoms with Gasteiger partial charge >= 0.3 is 0 Å². The maximum Gasteiger partial charge on any atom is 0.214 e. The highest BCUT2D eigenvalue weighted by Gasteiger charge is 2.23. The second-order valence-electron chi connectivity index (χ2n) is 6.92. The van der Waals surface area contributed by atoms with Crippen molar-refractivity contribution in [1.29, 1.82) is 0 Å². The zero-order valence-corrected chi connectivity index (χ0v) is 16.0. The van der Waals surface area contributed by atoms with Crippen LogP contribution in [0.2, 0.25) is 5.02 Å². The van der Waals surface area contributed by atoms with Crippen LogP contribution in [0, 0.1) is 5.82 Å². The van der Waals surface area contributed by atoms with Crippen molar-refractivity contribution in [3.63, 3.8) is 0 Å². The second kappa shape index (κ2) is 7.71. The number of nitrogens with zero attached hydrogens (tertiary/aromatic N) is 1. The summed E-state index contributed by atoms with van der Waals surface area (Å²) in [5.41, 5.74) is 3.19. The van der Waals surface area contributed by atoms with Crippen molar-refractivity contribution in [1.82, 2.24) is 0 Å². The van der Waals surface area contributed by atoms with E-state index in [-0.39, 0.29) is 5.82 Å². The minimum Gasteiger partial charge on any atom is -0.496 e. The summed E-state index contributed by atoms with van der Waals surface area (Å²) in [6.45, 7) is 4.66. The maximum atomic E-state index is 13.6. The number of benzene rings is 2. The summed E-state index contributed by atoms with van der Waals surface area (Å²) in [6.07, 6.45) is 1.96. The van der Waals surface area contributed by atoms with Crippen LogP contribution in [0.3, 0.4) is 0 Å². The summed E-state index contributed by atoms with van der Waals surface area (Å²) in [6, 6.07) is 12.8. The molecule has 1 saturated heterocycles. The summed E-state index contributed by atoms with van der Waals surface area (Å²) < 4.78 is 19.0. The van der Waals surface area contributed by atoms with Crippen molar-refractivity contribution < 1.29 is 19.0 Å². The number of ether oxygens (including phenoxy) is 1. The van der Waals surface area contributed by atoms with Crippen molar-refractivity contribution in [2.24, 2.45) is 0 Å². The third kappa shape index (κ3) is 3.84. The number of methoxy groups -OCH3 is 1. The lowest BCUT2D eigenvalue weighted by atomic mass is 10.1. The lowest BCUT2D eigenvalue weighted by molar-refractivity contribution is -0.914. The molecule has 0 aliphatic carbocycles. The number of anilines is 1. The number of pyridine rings is 1. The van der Waals surface area contributed by atoms with Crippen molar-refractivity contribution in [2.75, 3.05) is 38.2 Å². The van der Waals surface area contributed by atoms with E-state index in [9.17, 15) is 4.39 Å². The number of hydrogen-bond acceptors (Lipinski definition) is 2. The number of piperazine rings is 1. The minimum atomic E-state index is -0.213. The lowest BCUT2D eigenvalue weighted by Gasteiger charge is -2.34. The molecule has 6 heteroatoms. The molecule has 1 aliphatic rings. The first-order valence-electron chi connectivity index (χ1n) is 9.15. The fourth-order valence-electron chi connectivity index (χ4n) is 3.83. The van der Waals surface area contributed by atoms with Crippen molar-refractivity contribution in [3.05, 3.63) is 65.1 Å². The molecule has 2 aromatic carbocycles. The Labute approximate surface area is 163 Å². The first-order valence-corrected chi connectivity index (χ1v) is 9.53. The van der Waals surface area contributed by atoms with Gasteiger partial charge in [0.15, 0.2) is 6.20 Å². The standard InChI is InChI=1S/C21H21ClFN3O/c1-27-21-5-3-17(23)12-15(21)14-25-8-10-26(11-9-25)20-6-7-24-19-13-16(22)2-4-18(19)20/h2-7,12-13H,8-11,14H2,1H3/p+2. The number of rotatable bonds is 4. The fraction of sp³-hybridized carbons (Fsp3) is 0.286. The number of nitrogens with one attached hydrogen (secondary N) is 2. The van der Waals surface area contributed by atoms with Crippen molar-refractivity contribution >= 4 is 28.2 Å². The molecule has 1 aliphatic heterocycles. The SMILES string of the molecule is COc1ccc(F)cc1C[NH+]1CCN(c2cc[nH+]c3cc(Cl)ccc23)CC1. The number of quaternary nitrogens is 1. The monoisotopic (exact) mass is 387 g/mol. The Morgan fingerprint density at radius 1 is 1.15 bits per heavy atom. The first kappa shape index (κ1) is 18.0. The minimum absolute atomic E-state index is 0.213. The number of aromatic amines is 1. The van der Waals surface area contributed by atoms with Crippen LogP contribution < -0.4 is 19.5 Å². The molecule has 4 rings (SSSR count). The van der Waals surface area contributed by atoms with Gasteiger partial charge in [-0.15, -0.1) is 0 Å². The quantitative estimate of drug-likeness (QED) is 0.745. The molecule has 4 nitrogen and oxygen atoms in total. The predicted octanol–water partition coefficient (Wildman–Crippen LogP) is 2.36. The number of halogens is 2. The van der Waals surface area contributed by atoms with Crippen molar-refractivity contribution in [2.45, 2.75) is 6.54 Å². The zero-order chi connectivity index (χ0) is 18.8. The number of fused-ring (bicyclic) bond motifs is 1. The molecule has 0 spiro atoms. The third-order valence-electron chi connectivity index (χ3n) is 5.23. The molecular formula is C21H23ClFN3O+2. The third-order valence-corrected chi connectivity index (χ3v) is 5.47. The van der Waals surface area contributed by atoms with Gasteiger partial charge in [0, 0.05) is 17.2 Å². The van der Waals surface area contributed by atoms with Gasteiger partial charge in [-0.2, -0.15) is 0 Å². The Balaban J connectivity index is 1.48. The number of H-pyrrole nitrogens is 1. The van der Waals surface area contributed by atoms with E-state index in [1.165, 1.54) is 22.0 Å². The molecule has 2 N–H and O–H groups in total. The van der Waals surface area contributed by atoms with E-state index < -0.39 is 0 Å². The molecule has 140 valence electrons. The van der Waals surface area contributed by atoms with Crippen molar-refractivity contribution in [3.8, 4) is 5.75 Å². The van der Waals surface area contributed by atoms with E-state index in [1.54, 1.807) is 19.2 Å². The summed E-state index contributed by atoms with van der Waals surface area (Å²) in [5, 5.41) is 1.91. The van der Waals surface area contributed by atoms with E-state index in [2.05, 4.69) is 22.0 Å². The normalized spacial score (nSPS) is 15.3. The van der Waals surface area contributed by atoms with Crippen LogP contribution >= 0.6 is 11.6 Å². The summed E-state index contributed by atoms with van der Waals surface area (Å²) in [5.74, 6) is 0.544. The molecule has 0 radical (unpaired) electrons. The highest BCUT2D eigenvalue weighted by Crippen LogP contribution is 2.26. The molecule has 3 aromatic rings. The van der Waals surface area contributed by atoms with Crippen LogP contribution in [-0.2, 0) is 6.54 Å². The average Bonchev–Trinajstić information content (AvgIpc) is 2.68. The van der Waals surface area contributed by atoms with Gasteiger partial charge in [-0.3, -0.25) is 0 Å². The Hall–Kier alpha value is -2.37. The van der Waals surface area contributed by atoms with Crippen LogP contribution in [0.15, 0.2) is 48.7 Å². The van der Waals surface area contributed by atoms with Gasteiger partial charge in [0.05, 0.1) is 49.9 Å². The van der Waals surface area contributed by atoms with Crippen LogP contribution in [0.25, 0.3) is 10.9 Å². The average molecular weight is 388 g/mol. The van der Waals surface area contributed by atoms with Gasteiger partial charge in [0.2, 0.25) is 5.52 Å². The summed E-state index contributed by atoms with van der Waals surface area (Å²) in [4.78, 5) is 7.11. The first-order chi connectivity index (χ1) is 13.1. The number of hydrogen-bond donors (Lipinski definition) is 1. The van der Waals surface area contributed by atoms with E-state index >= 15 is 0 Å². The fourth-order valence-corrected chi connectivity index (χ4v) is 4.00. The van der Waals surface area contributed by atoms with E-state index in [0.29, 0.717) is 0 Å². The van der Waals surface area contributed by atoms with Gasteiger partial charge < -0.3 is 14.5 Å². The van der Waals surface area contributed by atoms with Gasteiger partial charge in [0.25, 0.3) is 0 Å². The maximum absolute atomic E-state index is 13.6. The van der Waals surface area contributed by atoms with E-state index in [4.69, 9.17) is 16.3 Å². The highest BCUT2D eigenvalue weighted by molar-refractivity contribution is 6.31. The largest absolute Gasteiger partial charge is 0.496 e. The van der Waals surface area contributed by atoms with Crippen LogP contribution in [0.1, 0.15) is 5.56 Å².